The van der Waals surface area contributed by atoms with Gasteiger partial charge in [0.2, 0.25) is 5.89 Å². The molecule has 0 bridgehead atoms. The molecule has 0 spiro atoms. The molecule has 0 radical (unpaired) electrons. The molecule has 3 aromatic rings. The van der Waals surface area contributed by atoms with Crippen LogP contribution in [0.2, 0.25) is 0 Å². The summed E-state index contributed by atoms with van der Waals surface area (Å²) in [4.78, 5) is 7.40. The predicted octanol–water partition coefficient (Wildman–Crippen LogP) is 1.73. The fourth-order valence-electron chi connectivity index (χ4n) is 2.21. The molecule has 0 saturated heterocycles. The number of nitrogens with one attached hydrogen (secondary N) is 1. The number of nitrogens with zero attached hydrogens (tertiary/aromatic N) is 5. The lowest BCUT2D eigenvalue weighted by Crippen LogP contribution is -2.04. The SMILES string of the molecule is CCc1nn(C)c2c1[nH]c(=S)n2Cc1nc(C)no1. The lowest BCUT2D eigenvalue weighted by molar-refractivity contribution is 0.368. The van der Waals surface area contributed by atoms with E-state index in [1.807, 2.05) is 16.3 Å². The van der Waals surface area contributed by atoms with Crippen molar-refractivity contribution in [3.8, 4) is 0 Å². The monoisotopic (exact) mass is 278 g/mol. The van der Waals surface area contributed by atoms with Crippen LogP contribution in [-0.2, 0) is 20.0 Å². The number of H-pyrrole nitrogens is 1. The van der Waals surface area contributed by atoms with Crippen molar-refractivity contribution in [2.75, 3.05) is 0 Å². The number of hydrogen-bond acceptors (Lipinski definition) is 5. The number of hydrogen-bond donors (Lipinski definition) is 1. The molecule has 3 aromatic heterocycles. The van der Waals surface area contributed by atoms with Crippen molar-refractivity contribution in [1.29, 1.82) is 0 Å². The van der Waals surface area contributed by atoms with Crippen LogP contribution in [0.1, 0.15) is 24.3 Å². The largest absolute Gasteiger partial charge is 0.337 e. The number of rotatable bonds is 3. The van der Waals surface area contributed by atoms with Gasteiger partial charge in [-0.3, -0.25) is 9.25 Å². The Morgan fingerprint density at radius 2 is 2.21 bits per heavy atom. The molecule has 0 unspecified atom stereocenters. The van der Waals surface area contributed by atoms with Gasteiger partial charge in [-0.2, -0.15) is 10.1 Å². The minimum absolute atomic E-state index is 0.447. The van der Waals surface area contributed by atoms with E-state index in [1.165, 1.54) is 0 Å². The van der Waals surface area contributed by atoms with Crippen LogP contribution in [0.5, 0.6) is 0 Å². The van der Waals surface area contributed by atoms with Crippen LogP contribution in [0.25, 0.3) is 11.2 Å². The van der Waals surface area contributed by atoms with E-state index in [9.17, 15) is 0 Å². The van der Waals surface area contributed by atoms with Crippen molar-refractivity contribution in [2.45, 2.75) is 26.8 Å². The number of aromatic amines is 1. The molecule has 0 amide bonds. The van der Waals surface area contributed by atoms with E-state index in [4.69, 9.17) is 16.7 Å². The third kappa shape index (κ3) is 1.88. The molecule has 3 rings (SSSR count). The standard InChI is InChI=1S/C11H14N6OS/c1-4-7-9-10(16(3)14-7)17(11(19)13-9)5-8-12-6(2)15-18-8/h4-5H2,1-3H3,(H,13,19). The summed E-state index contributed by atoms with van der Waals surface area (Å²) in [5, 5.41) is 8.25. The molecule has 0 aromatic carbocycles. The summed E-state index contributed by atoms with van der Waals surface area (Å²) < 4.78 is 9.52. The van der Waals surface area contributed by atoms with Gasteiger partial charge in [0.15, 0.2) is 16.2 Å². The maximum absolute atomic E-state index is 5.36. The summed E-state index contributed by atoms with van der Waals surface area (Å²) in [6, 6.07) is 0. The van der Waals surface area contributed by atoms with Crippen LogP contribution in [0.3, 0.4) is 0 Å². The number of aryl methyl sites for hydroxylation is 3. The van der Waals surface area contributed by atoms with Crippen LogP contribution in [0.4, 0.5) is 0 Å². The van der Waals surface area contributed by atoms with Crippen molar-refractivity contribution in [3.05, 3.63) is 22.2 Å². The fourth-order valence-corrected chi connectivity index (χ4v) is 2.46. The second kappa shape index (κ2) is 4.30. The first kappa shape index (κ1) is 12.1. The molecule has 0 fully saturated rings. The van der Waals surface area contributed by atoms with Gasteiger partial charge in [0.05, 0.1) is 5.69 Å². The van der Waals surface area contributed by atoms with Crippen LogP contribution in [0.15, 0.2) is 4.52 Å². The highest BCUT2D eigenvalue weighted by molar-refractivity contribution is 7.71. The lowest BCUT2D eigenvalue weighted by Gasteiger charge is -2.00. The Labute approximate surface area is 114 Å². The van der Waals surface area contributed by atoms with Gasteiger partial charge in [0.25, 0.3) is 0 Å². The maximum Gasteiger partial charge on any atom is 0.246 e. The zero-order valence-electron chi connectivity index (χ0n) is 11.0. The highest BCUT2D eigenvalue weighted by Crippen LogP contribution is 2.19. The second-order valence-corrected chi connectivity index (χ2v) is 4.76. The third-order valence-electron chi connectivity index (χ3n) is 3.02. The van der Waals surface area contributed by atoms with Crippen molar-refractivity contribution in [2.24, 2.45) is 7.05 Å². The summed E-state index contributed by atoms with van der Waals surface area (Å²) in [6.07, 6.45) is 0.853. The minimum Gasteiger partial charge on any atom is -0.337 e. The number of imidazole rings is 1. The molecular weight excluding hydrogens is 264 g/mol. The zero-order valence-corrected chi connectivity index (χ0v) is 11.8. The Bertz CT molecular complexity index is 792. The summed E-state index contributed by atoms with van der Waals surface area (Å²) in [6.45, 7) is 4.30. The molecule has 100 valence electrons. The van der Waals surface area contributed by atoms with E-state index < -0.39 is 0 Å². The van der Waals surface area contributed by atoms with E-state index in [-0.39, 0.29) is 0 Å². The van der Waals surface area contributed by atoms with Gasteiger partial charge in [-0.1, -0.05) is 12.1 Å². The predicted molar refractivity (Wildman–Crippen MR) is 71.4 cm³/mol. The topological polar surface area (TPSA) is 77.5 Å². The first-order chi connectivity index (χ1) is 9.10. The van der Waals surface area contributed by atoms with E-state index in [2.05, 4.69) is 27.1 Å². The van der Waals surface area contributed by atoms with Gasteiger partial charge >= 0.3 is 0 Å². The smallest absolute Gasteiger partial charge is 0.246 e. The Hall–Kier alpha value is -1.96. The normalized spacial score (nSPS) is 11.5. The molecule has 8 heteroatoms. The third-order valence-corrected chi connectivity index (χ3v) is 3.34. The molecule has 7 nitrogen and oxygen atoms in total. The summed E-state index contributed by atoms with van der Waals surface area (Å²) in [5.41, 5.74) is 2.92. The van der Waals surface area contributed by atoms with E-state index in [0.717, 1.165) is 23.3 Å². The molecule has 3 heterocycles. The summed E-state index contributed by atoms with van der Waals surface area (Å²) >= 11 is 5.36. The van der Waals surface area contributed by atoms with E-state index in [1.54, 1.807) is 6.92 Å². The average molecular weight is 278 g/mol. The minimum atomic E-state index is 0.447. The van der Waals surface area contributed by atoms with Crippen molar-refractivity contribution in [1.82, 2.24) is 29.5 Å². The van der Waals surface area contributed by atoms with Gasteiger partial charge in [-0.25, -0.2) is 0 Å². The highest BCUT2D eigenvalue weighted by atomic mass is 32.1. The molecule has 0 aliphatic carbocycles. The molecule has 19 heavy (non-hydrogen) atoms. The zero-order chi connectivity index (χ0) is 13.6. The van der Waals surface area contributed by atoms with Gasteiger partial charge in [0, 0.05) is 7.05 Å². The van der Waals surface area contributed by atoms with E-state index >= 15 is 0 Å². The maximum atomic E-state index is 5.36. The van der Waals surface area contributed by atoms with Gasteiger partial charge in [0.1, 0.15) is 12.1 Å². The first-order valence-electron chi connectivity index (χ1n) is 6.03. The lowest BCUT2D eigenvalue weighted by atomic mass is 10.3. The van der Waals surface area contributed by atoms with Gasteiger partial charge < -0.3 is 9.51 Å². The number of aromatic nitrogens is 6. The van der Waals surface area contributed by atoms with Crippen LogP contribution >= 0.6 is 12.2 Å². The Morgan fingerprint density at radius 1 is 1.42 bits per heavy atom. The molecule has 0 saturated carbocycles. The van der Waals surface area contributed by atoms with Gasteiger partial charge in [-0.05, 0) is 25.6 Å². The Morgan fingerprint density at radius 3 is 2.84 bits per heavy atom. The Kier molecular flexibility index (Phi) is 2.74. The quantitative estimate of drug-likeness (QED) is 0.738. The Balaban J connectivity index is 2.15. The second-order valence-electron chi connectivity index (χ2n) is 4.37. The number of fused-ring (bicyclic) bond motifs is 1. The average Bonchev–Trinajstić information content (AvgIpc) is 3.00. The van der Waals surface area contributed by atoms with E-state index in [0.29, 0.717) is 23.0 Å². The summed E-state index contributed by atoms with van der Waals surface area (Å²) in [7, 11) is 1.90. The molecule has 0 aliphatic heterocycles. The fraction of sp³-hybridized carbons (Fsp3) is 0.455. The van der Waals surface area contributed by atoms with Crippen LogP contribution < -0.4 is 0 Å². The molecule has 1 N–H and O–H groups in total. The van der Waals surface area contributed by atoms with Crippen LogP contribution in [0, 0.1) is 11.7 Å². The van der Waals surface area contributed by atoms with Crippen molar-refractivity contribution in [3.63, 3.8) is 0 Å². The van der Waals surface area contributed by atoms with Crippen LogP contribution in [-0.4, -0.2) is 29.5 Å². The van der Waals surface area contributed by atoms with Crippen molar-refractivity contribution >= 4 is 23.4 Å². The molecule has 0 atom stereocenters. The van der Waals surface area contributed by atoms with Crippen molar-refractivity contribution < 1.29 is 4.52 Å². The molecular formula is C11H14N6OS. The highest BCUT2D eigenvalue weighted by Gasteiger charge is 2.16. The van der Waals surface area contributed by atoms with Gasteiger partial charge in [-0.15, -0.1) is 0 Å². The first-order valence-corrected chi connectivity index (χ1v) is 6.44. The molecule has 0 aliphatic rings. The summed E-state index contributed by atoms with van der Waals surface area (Å²) in [5.74, 6) is 1.15.